The third-order valence-electron chi connectivity index (χ3n) is 6.41. The summed E-state index contributed by atoms with van der Waals surface area (Å²) < 4.78 is 23.2. The Bertz CT molecular complexity index is 1520. The van der Waals surface area contributed by atoms with Crippen molar-refractivity contribution in [2.24, 2.45) is 5.16 Å². The van der Waals surface area contributed by atoms with E-state index < -0.39 is 0 Å². The second kappa shape index (κ2) is 12.0. The van der Waals surface area contributed by atoms with Crippen LogP contribution < -0.4 is 14.2 Å². The van der Waals surface area contributed by atoms with E-state index in [9.17, 15) is 5.21 Å². The highest BCUT2D eigenvalue weighted by Gasteiger charge is 2.34. The van der Waals surface area contributed by atoms with E-state index in [1.165, 1.54) is 0 Å². The van der Waals surface area contributed by atoms with Gasteiger partial charge in [0.15, 0.2) is 17.2 Å². The molecule has 0 atom stereocenters. The number of hydrogen-bond donors (Lipinski definition) is 1. The van der Waals surface area contributed by atoms with E-state index in [0.717, 1.165) is 39.3 Å². The third kappa shape index (κ3) is 5.96. The van der Waals surface area contributed by atoms with Crippen LogP contribution in [0.4, 0.5) is 0 Å². The van der Waals surface area contributed by atoms with Crippen LogP contribution in [0, 0.1) is 0 Å². The van der Waals surface area contributed by atoms with Gasteiger partial charge in [-0.15, -0.1) is 0 Å². The van der Waals surface area contributed by atoms with Crippen molar-refractivity contribution in [1.29, 1.82) is 0 Å². The van der Waals surface area contributed by atoms with Crippen molar-refractivity contribution < 1.29 is 24.2 Å². The minimum absolute atomic E-state index is 0.376. The summed E-state index contributed by atoms with van der Waals surface area (Å²) in [6.07, 6.45) is 2.34. The molecule has 4 aromatic carbocycles. The standard InChI is InChI=1S/C33H29NO5/c1-36-26-17-15-23(16-18-26)21-31-32(34-35)33(39-31)29(20-25-11-8-12-27(19-25)37-2)28-13-6-7-14-30(28)38-22-24-9-4-3-5-10-24/h3-19,21,35H,20,22H2,1-2H3/b31-21+,33-29+,34-32+. The summed E-state index contributed by atoms with van der Waals surface area (Å²) >= 11 is 0. The Hall–Kier alpha value is -4.97. The molecule has 0 bridgehead atoms. The Kier molecular flexibility index (Phi) is 7.93. The second-order valence-electron chi connectivity index (χ2n) is 8.94. The summed E-state index contributed by atoms with van der Waals surface area (Å²) in [5.74, 6) is 3.20. The zero-order valence-corrected chi connectivity index (χ0v) is 21.8. The van der Waals surface area contributed by atoms with Gasteiger partial charge in [0.25, 0.3) is 0 Å². The first-order chi connectivity index (χ1) is 19.2. The maximum absolute atomic E-state index is 10.0. The molecule has 0 radical (unpaired) electrons. The number of rotatable bonds is 9. The van der Waals surface area contributed by atoms with E-state index in [1.807, 2.05) is 109 Å². The molecule has 6 nitrogen and oxygen atoms in total. The predicted octanol–water partition coefficient (Wildman–Crippen LogP) is 7.14. The topological polar surface area (TPSA) is 69.5 Å². The molecule has 0 aliphatic carbocycles. The maximum Gasteiger partial charge on any atom is 0.187 e. The van der Waals surface area contributed by atoms with Gasteiger partial charge in [-0.1, -0.05) is 78.0 Å². The van der Waals surface area contributed by atoms with E-state index in [-0.39, 0.29) is 0 Å². The first kappa shape index (κ1) is 25.7. The molecule has 4 aromatic rings. The van der Waals surface area contributed by atoms with E-state index in [2.05, 4.69) is 5.16 Å². The average Bonchev–Trinajstić information content (AvgIpc) is 2.98. The fourth-order valence-corrected chi connectivity index (χ4v) is 4.38. The van der Waals surface area contributed by atoms with Crippen molar-refractivity contribution in [2.75, 3.05) is 14.2 Å². The van der Waals surface area contributed by atoms with Gasteiger partial charge in [0, 0.05) is 17.6 Å². The van der Waals surface area contributed by atoms with Gasteiger partial charge in [-0.05, 0) is 53.1 Å². The van der Waals surface area contributed by atoms with Gasteiger partial charge >= 0.3 is 0 Å². The van der Waals surface area contributed by atoms with Crippen LogP contribution in [0.3, 0.4) is 0 Å². The number of benzene rings is 4. The lowest BCUT2D eigenvalue weighted by molar-refractivity contribution is 0.275. The number of hydrogen-bond acceptors (Lipinski definition) is 6. The quantitative estimate of drug-likeness (QED) is 0.188. The van der Waals surface area contributed by atoms with Gasteiger partial charge in [0.05, 0.1) is 14.2 Å². The Morgan fingerprint density at radius 2 is 1.51 bits per heavy atom. The minimum Gasteiger partial charge on any atom is -0.497 e. The smallest absolute Gasteiger partial charge is 0.187 e. The van der Waals surface area contributed by atoms with Crippen LogP contribution in [0.2, 0.25) is 0 Å². The lowest BCUT2D eigenvalue weighted by Crippen LogP contribution is -2.25. The monoisotopic (exact) mass is 519 g/mol. The maximum atomic E-state index is 10.0. The molecule has 0 spiro atoms. The highest BCUT2D eigenvalue weighted by Crippen LogP contribution is 2.39. The van der Waals surface area contributed by atoms with Crippen LogP contribution in [-0.4, -0.2) is 25.1 Å². The molecule has 0 unspecified atom stereocenters. The van der Waals surface area contributed by atoms with Crippen LogP contribution in [0.25, 0.3) is 11.6 Å². The van der Waals surface area contributed by atoms with Crippen molar-refractivity contribution in [3.63, 3.8) is 0 Å². The Labute approximate surface area is 228 Å². The van der Waals surface area contributed by atoms with E-state index in [1.54, 1.807) is 14.2 Å². The summed E-state index contributed by atoms with van der Waals surface area (Å²) in [6, 6.07) is 33.3. The summed E-state index contributed by atoms with van der Waals surface area (Å²) in [6.45, 7) is 0.421. The number of para-hydroxylation sites is 1. The van der Waals surface area contributed by atoms with Gasteiger partial charge in [-0.3, -0.25) is 0 Å². The van der Waals surface area contributed by atoms with Gasteiger partial charge in [0.2, 0.25) is 0 Å². The van der Waals surface area contributed by atoms with E-state index in [4.69, 9.17) is 18.9 Å². The first-order valence-electron chi connectivity index (χ1n) is 12.6. The van der Waals surface area contributed by atoms with Crippen LogP contribution in [0.5, 0.6) is 17.2 Å². The average molecular weight is 520 g/mol. The molecule has 0 saturated carbocycles. The molecule has 1 N–H and O–H groups in total. The van der Waals surface area contributed by atoms with Crippen LogP contribution >= 0.6 is 0 Å². The molecule has 1 saturated heterocycles. The van der Waals surface area contributed by atoms with Gasteiger partial charge in [-0.2, -0.15) is 0 Å². The Morgan fingerprint density at radius 3 is 2.26 bits per heavy atom. The summed E-state index contributed by atoms with van der Waals surface area (Å²) in [5, 5.41) is 13.6. The molecule has 1 fully saturated rings. The number of methoxy groups -OCH3 is 2. The SMILES string of the molecule is COc1ccc(/C=C2/OC(=C(\Cc3cccc(OC)c3)c3ccccc3OCc3ccccc3)/C2=N/O)cc1. The predicted molar refractivity (Wildman–Crippen MR) is 152 cm³/mol. The summed E-state index contributed by atoms with van der Waals surface area (Å²) in [4.78, 5) is 0. The van der Waals surface area contributed by atoms with Crippen molar-refractivity contribution in [3.8, 4) is 17.2 Å². The molecule has 5 rings (SSSR count). The molecule has 1 heterocycles. The largest absolute Gasteiger partial charge is 0.497 e. The number of oxime groups is 1. The van der Waals surface area contributed by atoms with E-state index >= 15 is 0 Å². The van der Waals surface area contributed by atoms with Gasteiger partial charge in [0.1, 0.15) is 23.9 Å². The first-order valence-corrected chi connectivity index (χ1v) is 12.6. The fourth-order valence-electron chi connectivity index (χ4n) is 4.38. The molecule has 0 amide bonds. The lowest BCUT2D eigenvalue weighted by Gasteiger charge is -2.28. The van der Waals surface area contributed by atoms with Crippen molar-refractivity contribution in [3.05, 3.63) is 137 Å². The molecule has 1 aliphatic rings. The minimum atomic E-state index is 0.376. The normalized spacial score (nSPS) is 15.8. The molecule has 39 heavy (non-hydrogen) atoms. The zero-order chi connectivity index (χ0) is 27.0. The second-order valence-corrected chi connectivity index (χ2v) is 8.94. The van der Waals surface area contributed by atoms with Crippen LogP contribution in [0.15, 0.2) is 120 Å². The molecule has 196 valence electrons. The van der Waals surface area contributed by atoms with Crippen LogP contribution in [-0.2, 0) is 17.8 Å². The Morgan fingerprint density at radius 1 is 0.795 bits per heavy atom. The number of nitrogens with zero attached hydrogens (tertiary/aromatic N) is 1. The molecule has 1 aliphatic heterocycles. The zero-order valence-electron chi connectivity index (χ0n) is 21.8. The Balaban J connectivity index is 1.53. The highest BCUT2D eigenvalue weighted by molar-refractivity contribution is 6.21. The molecular weight excluding hydrogens is 490 g/mol. The van der Waals surface area contributed by atoms with Crippen LogP contribution in [0.1, 0.15) is 22.3 Å². The molecule has 6 heteroatoms. The van der Waals surface area contributed by atoms with Gasteiger partial charge in [-0.25, -0.2) is 0 Å². The number of allylic oxidation sites excluding steroid dienone is 1. The number of ether oxygens (including phenoxy) is 4. The molecule has 0 aromatic heterocycles. The van der Waals surface area contributed by atoms with Crippen molar-refractivity contribution in [2.45, 2.75) is 13.0 Å². The lowest BCUT2D eigenvalue weighted by atomic mass is 9.92. The van der Waals surface area contributed by atoms with Crippen molar-refractivity contribution in [1.82, 2.24) is 0 Å². The van der Waals surface area contributed by atoms with Gasteiger partial charge < -0.3 is 24.2 Å². The molecular formula is C33H29NO5. The summed E-state index contributed by atoms with van der Waals surface area (Å²) in [7, 11) is 3.27. The third-order valence-corrected chi connectivity index (χ3v) is 6.41. The van der Waals surface area contributed by atoms with E-state index in [0.29, 0.717) is 36.0 Å². The highest BCUT2D eigenvalue weighted by atomic mass is 16.5. The fraction of sp³-hybridized carbons (Fsp3) is 0.121. The summed E-state index contributed by atoms with van der Waals surface area (Å²) in [5.41, 5.74) is 5.05. The van der Waals surface area contributed by atoms with Crippen molar-refractivity contribution >= 4 is 17.4 Å².